The molecule has 2 aromatic carbocycles. The fraction of sp³-hybridized carbons (Fsp3) is 0.346. The fourth-order valence-corrected chi connectivity index (χ4v) is 4.23. The van der Waals surface area contributed by atoms with Crippen LogP contribution < -0.4 is 14.8 Å². The third kappa shape index (κ3) is 4.62. The van der Waals surface area contributed by atoms with Gasteiger partial charge in [0.1, 0.15) is 0 Å². The third-order valence-electron chi connectivity index (χ3n) is 6.01. The molecule has 1 amide bonds. The fourth-order valence-electron chi connectivity index (χ4n) is 4.23. The standard InChI is InChI=1S/C26H28N2O5/c1-15-9-11-21-19(13-15)24(18-7-5-6-8-20(18)28-21)26(30)33-16(2)25(29)27-17-10-12-22(31-3)23(14-17)32-4/h5-8,10,12,14-16H,9,11,13H2,1-4H3,(H,27,29). The van der Waals surface area contributed by atoms with Crippen molar-refractivity contribution in [1.29, 1.82) is 0 Å². The maximum Gasteiger partial charge on any atom is 0.339 e. The molecule has 0 radical (unpaired) electrons. The first-order valence-corrected chi connectivity index (χ1v) is 11.1. The second kappa shape index (κ2) is 9.48. The van der Waals surface area contributed by atoms with Crippen molar-refractivity contribution < 1.29 is 23.8 Å². The minimum Gasteiger partial charge on any atom is -0.493 e. The number of methoxy groups -OCH3 is 2. The average Bonchev–Trinajstić information content (AvgIpc) is 2.82. The van der Waals surface area contributed by atoms with E-state index in [1.54, 1.807) is 32.2 Å². The van der Waals surface area contributed by atoms with E-state index in [-0.39, 0.29) is 0 Å². The Labute approximate surface area is 193 Å². The van der Waals surface area contributed by atoms with E-state index >= 15 is 0 Å². The van der Waals surface area contributed by atoms with Crippen LogP contribution in [0.5, 0.6) is 11.5 Å². The summed E-state index contributed by atoms with van der Waals surface area (Å²) in [6.07, 6.45) is 1.65. The first kappa shape index (κ1) is 22.6. The number of esters is 1. The molecule has 3 aromatic rings. The molecule has 1 aliphatic carbocycles. The first-order valence-electron chi connectivity index (χ1n) is 11.1. The average molecular weight is 449 g/mol. The number of fused-ring (bicyclic) bond motifs is 2. The van der Waals surface area contributed by atoms with Crippen molar-refractivity contribution >= 4 is 28.5 Å². The van der Waals surface area contributed by atoms with Gasteiger partial charge in [-0.15, -0.1) is 0 Å². The summed E-state index contributed by atoms with van der Waals surface area (Å²) in [5, 5.41) is 3.52. The number of hydrogen-bond acceptors (Lipinski definition) is 6. The van der Waals surface area contributed by atoms with Crippen molar-refractivity contribution in [2.45, 2.75) is 39.2 Å². The zero-order chi connectivity index (χ0) is 23.5. The van der Waals surface area contributed by atoms with Gasteiger partial charge in [0.05, 0.1) is 25.3 Å². The highest BCUT2D eigenvalue weighted by atomic mass is 16.5. The molecule has 2 atom stereocenters. The van der Waals surface area contributed by atoms with Crippen LogP contribution in [0.4, 0.5) is 5.69 Å². The molecule has 7 nitrogen and oxygen atoms in total. The van der Waals surface area contributed by atoms with Gasteiger partial charge < -0.3 is 19.5 Å². The van der Waals surface area contributed by atoms with Gasteiger partial charge in [0, 0.05) is 22.8 Å². The van der Waals surface area contributed by atoms with Gasteiger partial charge in [-0.1, -0.05) is 25.1 Å². The quantitative estimate of drug-likeness (QED) is 0.557. The predicted octanol–water partition coefficient (Wildman–Crippen LogP) is 4.56. The largest absolute Gasteiger partial charge is 0.493 e. The van der Waals surface area contributed by atoms with Gasteiger partial charge in [-0.3, -0.25) is 9.78 Å². The van der Waals surface area contributed by atoms with Crippen molar-refractivity contribution in [3.8, 4) is 11.5 Å². The molecule has 0 fully saturated rings. The number of benzene rings is 2. The molecule has 7 heteroatoms. The summed E-state index contributed by atoms with van der Waals surface area (Å²) < 4.78 is 16.1. The molecule has 0 aliphatic heterocycles. The number of nitrogens with zero attached hydrogens (tertiary/aromatic N) is 1. The van der Waals surface area contributed by atoms with E-state index in [0.29, 0.717) is 28.7 Å². The number of aryl methyl sites for hydroxylation is 1. The zero-order valence-electron chi connectivity index (χ0n) is 19.3. The summed E-state index contributed by atoms with van der Waals surface area (Å²) in [6.45, 7) is 3.74. The molecule has 1 N–H and O–H groups in total. The lowest BCUT2D eigenvalue weighted by Gasteiger charge is -2.24. The Kier molecular flexibility index (Phi) is 6.49. The minimum absolute atomic E-state index is 0.434. The molecule has 0 bridgehead atoms. The molecule has 4 rings (SSSR count). The van der Waals surface area contributed by atoms with Gasteiger partial charge in [0.2, 0.25) is 0 Å². The van der Waals surface area contributed by atoms with E-state index in [0.717, 1.165) is 41.4 Å². The van der Waals surface area contributed by atoms with Crippen LogP contribution in [-0.2, 0) is 22.4 Å². The van der Waals surface area contributed by atoms with Crippen LogP contribution in [0, 0.1) is 5.92 Å². The summed E-state index contributed by atoms with van der Waals surface area (Å²) in [5.41, 5.74) is 3.68. The second-order valence-corrected chi connectivity index (χ2v) is 8.38. The molecule has 0 spiro atoms. The molecule has 1 aromatic heterocycles. The Hall–Kier alpha value is -3.61. The second-order valence-electron chi connectivity index (χ2n) is 8.38. The number of nitrogens with one attached hydrogen (secondary N) is 1. The highest BCUT2D eigenvalue weighted by molar-refractivity contribution is 6.06. The van der Waals surface area contributed by atoms with Gasteiger partial charge >= 0.3 is 5.97 Å². The van der Waals surface area contributed by atoms with Crippen LogP contribution in [0.3, 0.4) is 0 Å². The molecular formula is C26H28N2O5. The van der Waals surface area contributed by atoms with Gasteiger partial charge in [0.25, 0.3) is 5.91 Å². The van der Waals surface area contributed by atoms with Crippen LogP contribution in [0.1, 0.15) is 41.9 Å². The van der Waals surface area contributed by atoms with E-state index < -0.39 is 18.0 Å². The van der Waals surface area contributed by atoms with Gasteiger partial charge in [-0.2, -0.15) is 0 Å². The lowest BCUT2D eigenvalue weighted by Crippen LogP contribution is -2.31. The van der Waals surface area contributed by atoms with Gasteiger partial charge in [-0.25, -0.2) is 4.79 Å². The maximum absolute atomic E-state index is 13.3. The smallest absolute Gasteiger partial charge is 0.339 e. The number of pyridine rings is 1. The molecular weight excluding hydrogens is 420 g/mol. The molecule has 1 heterocycles. The van der Waals surface area contributed by atoms with Crippen molar-refractivity contribution in [3.63, 3.8) is 0 Å². The van der Waals surface area contributed by atoms with E-state index in [1.165, 1.54) is 7.11 Å². The van der Waals surface area contributed by atoms with Crippen LogP contribution in [0.25, 0.3) is 10.9 Å². The summed E-state index contributed by atoms with van der Waals surface area (Å²) in [7, 11) is 3.06. The van der Waals surface area contributed by atoms with Crippen LogP contribution in [0.2, 0.25) is 0 Å². The molecule has 0 saturated heterocycles. The maximum atomic E-state index is 13.3. The number of para-hydroxylation sites is 1. The van der Waals surface area contributed by atoms with Crippen LogP contribution >= 0.6 is 0 Å². The van der Waals surface area contributed by atoms with E-state index in [2.05, 4.69) is 12.2 Å². The number of amides is 1. The number of ether oxygens (including phenoxy) is 3. The highest BCUT2D eigenvalue weighted by Gasteiger charge is 2.28. The monoisotopic (exact) mass is 448 g/mol. The molecule has 172 valence electrons. The van der Waals surface area contributed by atoms with Crippen LogP contribution in [-0.4, -0.2) is 37.2 Å². The normalized spacial score (nSPS) is 15.9. The number of hydrogen-bond donors (Lipinski definition) is 1. The summed E-state index contributed by atoms with van der Waals surface area (Å²) >= 11 is 0. The van der Waals surface area contributed by atoms with Gasteiger partial charge in [-0.05, 0) is 55.9 Å². The Balaban J connectivity index is 1.57. The van der Waals surface area contributed by atoms with Gasteiger partial charge in [0.15, 0.2) is 17.6 Å². The van der Waals surface area contributed by atoms with E-state index in [4.69, 9.17) is 19.2 Å². The predicted molar refractivity (Wildman–Crippen MR) is 126 cm³/mol. The van der Waals surface area contributed by atoms with Crippen molar-refractivity contribution in [2.24, 2.45) is 5.92 Å². The van der Waals surface area contributed by atoms with Crippen molar-refractivity contribution in [3.05, 3.63) is 59.3 Å². The summed E-state index contributed by atoms with van der Waals surface area (Å²) in [6, 6.07) is 12.6. The van der Waals surface area contributed by atoms with E-state index in [1.807, 2.05) is 24.3 Å². The summed E-state index contributed by atoms with van der Waals surface area (Å²) in [4.78, 5) is 30.9. The number of rotatable bonds is 6. The lowest BCUT2D eigenvalue weighted by atomic mass is 9.84. The number of carbonyl (C=O) groups excluding carboxylic acids is 2. The topological polar surface area (TPSA) is 86.8 Å². The Morgan fingerprint density at radius 1 is 1.09 bits per heavy atom. The Morgan fingerprint density at radius 3 is 2.61 bits per heavy atom. The number of anilines is 1. The van der Waals surface area contributed by atoms with Crippen molar-refractivity contribution in [2.75, 3.05) is 19.5 Å². The minimum atomic E-state index is -0.991. The molecule has 1 aliphatic rings. The third-order valence-corrected chi connectivity index (χ3v) is 6.01. The molecule has 2 unspecified atom stereocenters. The highest BCUT2D eigenvalue weighted by Crippen LogP contribution is 2.33. The number of carbonyl (C=O) groups is 2. The number of aromatic nitrogens is 1. The summed E-state index contributed by atoms with van der Waals surface area (Å²) in [5.74, 6) is 0.561. The molecule has 0 saturated carbocycles. The Morgan fingerprint density at radius 2 is 1.85 bits per heavy atom. The first-order chi connectivity index (χ1) is 15.9. The molecule has 33 heavy (non-hydrogen) atoms. The zero-order valence-corrected chi connectivity index (χ0v) is 19.3. The SMILES string of the molecule is COc1ccc(NC(=O)C(C)OC(=O)c2c3c(nc4ccccc24)CCC(C)C3)cc1OC. The van der Waals surface area contributed by atoms with Crippen molar-refractivity contribution in [1.82, 2.24) is 4.98 Å². The lowest BCUT2D eigenvalue weighted by molar-refractivity contribution is -0.123. The van der Waals surface area contributed by atoms with Crippen LogP contribution in [0.15, 0.2) is 42.5 Å². The van der Waals surface area contributed by atoms with E-state index in [9.17, 15) is 9.59 Å². The Bertz CT molecular complexity index is 1210.